The van der Waals surface area contributed by atoms with Gasteiger partial charge < -0.3 is 0 Å². The van der Waals surface area contributed by atoms with Crippen LogP contribution in [0.3, 0.4) is 0 Å². The van der Waals surface area contributed by atoms with E-state index < -0.39 is 56.8 Å². The minimum atomic E-state index is -2.10. The Morgan fingerprint density at radius 3 is 1.50 bits per heavy atom. The van der Waals surface area contributed by atoms with Crippen LogP contribution in [-0.2, 0) is 26.1 Å². The van der Waals surface area contributed by atoms with Gasteiger partial charge in [0.1, 0.15) is 0 Å². The van der Waals surface area contributed by atoms with E-state index in [1.807, 2.05) is 0 Å². The fraction of sp³-hybridized carbons (Fsp3) is 0.143. The molecule has 0 aromatic heterocycles. The average molecular weight is 462 g/mol. The van der Waals surface area contributed by atoms with E-state index in [1.54, 1.807) is 0 Å². The van der Waals surface area contributed by atoms with Crippen molar-refractivity contribution >= 4 is 11.9 Å². The number of hydrogen-bond donors (Lipinski definition) is 0. The van der Waals surface area contributed by atoms with Crippen molar-refractivity contribution in [3.05, 3.63) is 34.6 Å². The van der Waals surface area contributed by atoms with Crippen LogP contribution in [0, 0.1) is 29.1 Å². The molecule has 0 aliphatic carbocycles. The Hall–Kier alpha value is 0.285. The first kappa shape index (κ1) is 12.4. The van der Waals surface area contributed by atoms with Crippen LogP contribution in [0.5, 0.6) is 0 Å². The van der Waals surface area contributed by atoms with Crippen LogP contribution in [0.1, 0.15) is 5.56 Å². The Morgan fingerprint density at radius 1 is 0.786 bits per heavy atom. The van der Waals surface area contributed by atoms with Crippen molar-refractivity contribution < 1.29 is 44.1 Å². The molecule has 0 saturated heterocycles. The van der Waals surface area contributed by atoms with E-state index in [2.05, 4.69) is 11.9 Å². The number of benzene rings is 1. The van der Waals surface area contributed by atoms with Crippen molar-refractivity contribution in [1.29, 1.82) is 0 Å². The average Bonchev–Trinajstić information content (AvgIpc) is 2.19. The Labute approximate surface area is 94.2 Å². The van der Waals surface area contributed by atoms with Crippen LogP contribution in [-0.4, -0.2) is 0 Å². The van der Waals surface area contributed by atoms with Crippen LogP contribution in [0.2, 0.25) is 0 Å². The normalized spacial score (nSPS) is 10.1. The Balaban J connectivity index is 3.43. The van der Waals surface area contributed by atoms with Gasteiger partial charge >= 0.3 is 94.6 Å². The van der Waals surface area contributed by atoms with E-state index in [9.17, 15) is 22.0 Å². The summed E-state index contributed by atoms with van der Waals surface area (Å²) < 4.78 is 63.4. The van der Waals surface area contributed by atoms with E-state index >= 15 is 0 Å². The fourth-order valence-corrected chi connectivity index (χ4v) is 6.88. The molecule has 0 aliphatic heterocycles. The molecule has 7 heteroatoms. The SMILES string of the molecule is Fc1c(F)c(F)c([CH2][Hg][Br])c(F)c1F. The molecule has 0 saturated carbocycles. The summed E-state index contributed by atoms with van der Waals surface area (Å²) in [6.07, 6.45) is 0. The molecule has 0 amide bonds. The molecule has 0 radical (unpaired) electrons. The third-order valence-electron chi connectivity index (χ3n) is 1.65. The van der Waals surface area contributed by atoms with E-state index in [0.717, 1.165) is 0 Å². The van der Waals surface area contributed by atoms with E-state index in [1.165, 1.54) is 0 Å². The van der Waals surface area contributed by atoms with Gasteiger partial charge in [-0.3, -0.25) is 0 Å². The monoisotopic (exact) mass is 462 g/mol. The molecule has 0 unspecified atom stereocenters. The standard InChI is InChI=1S/C7H2F5.BrH.Hg/c1-2-3(8)5(10)7(12)6(11)4(2)9;;/h1H2;1H;/q;;+1/p-1. The summed E-state index contributed by atoms with van der Waals surface area (Å²) in [5.74, 6) is -9.25. The van der Waals surface area contributed by atoms with Gasteiger partial charge in [0.25, 0.3) is 0 Å². The number of hydrogen-bond acceptors (Lipinski definition) is 0. The van der Waals surface area contributed by atoms with Crippen molar-refractivity contribution in [2.24, 2.45) is 0 Å². The molecule has 0 spiro atoms. The first-order valence-corrected chi connectivity index (χ1v) is 19.4. The predicted octanol–water partition coefficient (Wildman–Crippen LogP) is 3.27. The molecule has 0 bridgehead atoms. The second-order valence-corrected chi connectivity index (χ2v) is 12.9. The summed E-state index contributed by atoms with van der Waals surface area (Å²) in [7, 11) is 0. The van der Waals surface area contributed by atoms with Crippen molar-refractivity contribution in [2.45, 2.75) is 3.93 Å². The molecule has 14 heavy (non-hydrogen) atoms. The summed E-state index contributed by atoms with van der Waals surface area (Å²) in [4.78, 5) is 0. The van der Waals surface area contributed by atoms with Crippen molar-refractivity contribution in [3.8, 4) is 0 Å². The molecule has 0 heterocycles. The van der Waals surface area contributed by atoms with Gasteiger partial charge in [-0.25, -0.2) is 0 Å². The van der Waals surface area contributed by atoms with Crippen LogP contribution < -0.4 is 0 Å². The molecule has 0 fully saturated rings. The zero-order valence-corrected chi connectivity index (χ0v) is 13.8. The fourth-order valence-electron chi connectivity index (χ4n) is 0.964. The number of rotatable bonds is 2. The quantitative estimate of drug-likeness (QED) is 0.275. The summed E-state index contributed by atoms with van der Waals surface area (Å²) in [5.41, 5.74) is -0.694. The summed E-state index contributed by atoms with van der Waals surface area (Å²) in [6, 6.07) is 0. The summed E-state index contributed by atoms with van der Waals surface area (Å²) in [5, 5.41) is 0. The maximum atomic E-state index is 12.9. The first-order chi connectivity index (χ1) is 6.50. The molecular weight excluding hydrogens is 460 g/mol. The second kappa shape index (κ2) is 4.87. The molecule has 1 rings (SSSR count). The maximum absolute atomic E-state index is 12.9. The van der Waals surface area contributed by atoms with Crippen molar-refractivity contribution in [2.75, 3.05) is 0 Å². The van der Waals surface area contributed by atoms with Gasteiger partial charge in [-0.05, 0) is 0 Å². The van der Waals surface area contributed by atoms with Gasteiger partial charge in [-0.2, -0.15) is 0 Å². The van der Waals surface area contributed by atoms with Gasteiger partial charge in [0.05, 0.1) is 0 Å². The third-order valence-corrected chi connectivity index (χ3v) is 7.80. The predicted molar refractivity (Wildman–Crippen MR) is 38.9 cm³/mol. The molecule has 74 valence electrons. The third kappa shape index (κ3) is 2.10. The topological polar surface area (TPSA) is 0 Å². The first-order valence-electron chi connectivity index (χ1n) is 3.57. The van der Waals surface area contributed by atoms with Crippen molar-refractivity contribution in [1.82, 2.24) is 0 Å². The summed E-state index contributed by atoms with van der Waals surface area (Å²) >= 11 is 1.41. The van der Waals surface area contributed by atoms with Gasteiger partial charge in [-0.1, -0.05) is 0 Å². The second-order valence-electron chi connectivity index (χ2n) is 2.49. The molecule has 1 aromatic rings. The zero-order valence-electron chi connectivity index (χ0n) is 6.68. The van der Waals surface area contributed by atoms with E-state index in [-0.39, 0.29) is 3.93 Å². The van der Waals surface area contributed by atoms with Crippen LogP contribution in [0.25, 0.3) is 0 Å². The molecule has 0 aliphatic rings. The Kier molecular flexibility index (Phi) is 4.30. The van der Waals surface area contributed by atoms with E-state index in [4.69, 9.17) is 0 Å². The minimum absolute atomic E-state index is 0.0359. The Bertz CT molecular complexity index is 339. The van der Waals surface area contributed by atoms with Crippen molar-refractivity contribution in [3.63, 3.8) is 0 Å². The number of halogens is 6. The van der Waals surface area contributed by atoms with Gasteiger partial charge in [-0.15, -0.1) is 0 Å². The van der Waals surface area contributed by atoms with Crippen LogP contribution >= 0.6 is 11.9 Å². The zero-order chi connectivity index (χ0) is 10.9. The van der Waals surface area contributed by atoms with E-state index in [0.29, 0.717) is 0 Å². The molecular formula is C7H2BrF5Hg. The molecule has 0 atom stereocenters. The summed E-state index contributed by atoms with van der Waals surface area (Å²) in [6.45, 7) is 0. The van der Waals surface area contributed by atoms with Gasteiger partial charge in [0.15, 0.2) is 0 Å². The van der Waals surface area contributed by atoms with Gasteiger partial charge in [0.2, 0.25) is 0 Å². The van der Waals surface area contributed by atoms with Crippen LogP contribution in [0.15, 0.2) is 0 Å². The molecule has 0 N–H and O–H groups in total. The van der Waals surface area contributed by atoms with Gasteiger partial charge in [0, 0.05) is 0 Å². The van der Waals surface area contributed by atoms with Crippen LogP contribution in [0.4, 0.5) is 22.0 Å². The molecule has 1 aromatic carbocycles. The molecule has 0 nitrogen and oxygen atoms in total. The Morgan fingerprint density at radius 2 is 1.14 bits per heavy atom.